The first-order valence-electron chi connectivity index (χ1n) is 7.19. The Kier molecular flexibility index (Phi) is 3.79. The molecule has 0 aliphatic carbocycles. The second kappa shape index (κ2) is 5.67. The minimum absolute atomic E-state index is 0.139. The van der Waals surface area contributed by atoms with E-state index in [0.717, 1.165) is 17.7 Å². The van der Waals surface area contributed by atoms with Gasteiger partial charge in [0.05, 0.1) is 16.6 Å². The lowest BCUT2D eigenvalue weighted by Crippen LogP contribution is -2.17. The minimum atomic E-state index is -4.49. The Morgan fingerprint density at radius 3 is 2.38 bits per heavy atom. The summed E-state index contributed by atoms with van der Waals surface area (Å²) in [7, 11) is 1.55. The zero-order chi connectivity index (χ0) is 17.5. The largest absolute Gasteiger partial charge is 0.416 e. The first kappa shape index (κ1) is 16.0. The van der Waals surface area contributed by atoms with Crippen LogP contribution < -0.4 is 10.9 Å². The molecule has 24 heavy (non-hydrogen) atoms. The fourth-order valence-electron chi connectivity index (χ4n) is 2.54. The number of alkyl halides is 3. The molecule has 0 spiro atoms. The van der Waals surface area contributed by atoms with Crippen molar-refractivity contribution in [2.75, 3.05) is 12.4 Å². The first-order valence-corrected chi connectivity index (χ1v) is 7.19. The molecule has 0 aliphatic rings. The number of hydrogen-bond acceptors (Lipinski definition) is 3. The third kappa shape index (κ3) is 2.73. The van der Waals surface area contributed by atoms with Crippen molar-refractivity contribution >= 4 is 11.5 Å². The summed E-state index contributed by atoms with van der Waals surface area (Å²) in [4.78, 5) is 16.3. The number of aromatic nitrogens is 2. The molecule has 0 atom stereocenters. The average Bonchev–Trinajstić information content (AvgIpc) is 2.54. The summed E-state index contributed by atoms with van der Waals surface area (Å²) < 4.78 is 40.6. The molecule has 0 amide bonds. The van der Waals surface area contributed by atoms with Gasteiger partial charge in [0.15, 0.2) is 0 Å². The van der Waals surface area contributed by atoms with E-state index >= 15 is 0 Å². The quantitative estimate of drug-likeness (QED) is 0.777. The number of halogens is 3. The Hall–Kier alpha value is -2.83. The smallest absolute Gasteiger partial charge is 0.358 e. The SMILES string of the molecule is CNc1nc(=O)c(-c2ccc(C)cc2)c2cc(C(F)(F)F)ccn12. The van der Waals surface area contributed by atoms with Crippen LogP contribution in [0.25, 0.3) is 16.6 Å². The highest BCUT2D eigenvalue weighted by Gasteiger charge is 2.31. The normalized spacial score (nSPS) is 11.7. The maximum absolute atomic E-state index is 13.1. The van der Waals surface area contributed by atoms with Gasteiger partial charge in [0.2, 0.25) is 5.95 Å². The molecule has 0 bridgehead atoms. The highest BCUT2D eigenvalue weighted by molar-refractivity contribution is 5.81. The molecule has 7 heteroatoms. The van der Waals surface area contributed by atoms with Crippen LogP contribution in [-0.2, 0) is 6.18 Å². The van der Waals surface area contributed by atoms with Crippen LogP contribution >= 0.6 is 0 Å². The van der Waals surface area contributed by atoms with Gasteiger partial charge in [-0.05, 0) is 24.6 Å². The van der Waals surface area contributed by atoms with Crippen molar-refractivity contribution in [3.63, 3.8) is 0 Å². The second-order valence-corrected chi connectivity index (χ2v) is 5.40. The van der Waals surface area contributed by atoms with Crippen LogP contribution in [0.5, 0.6) is 0 Å². The molecular formula is C17H14F3N3O. The van der Waals surface area contributed by atoms with E-state index in [4.69, 9.17) is 0 Å². The number of aryl methyl sites for hydroxylation is 1. The van der Waals surface area contributed by atoms with Gasteiger partial charge in [0.1, 0.15) is 0 Å². The Bertz CT molecular complexity index is 960. The predicted octanol–water partition coefficient (Wildman–Crippen LogP) is 3.73. The number of hydrogen-bond donors (Lipinski definition) is 1. The third-order valence-electron chi connectivity index (χ3n) is 3.75. The van der Waals surface area contributed by atoms with Crippen LogP contribution in [-0.4, -0.2) is 16.4 Å². The van der Waals surface area contributed by atoms with Gasteiger partial charge in [-0.2, -0.15) is 18.2 Å². The van der Waals surface area contributed by atoms with E-state index in [1.165, 1.54) is 10.6 Å². The highest BCUT2D eigenvalue weighted by atomic mass is 19.4. The molecular weight excluding hydrogens is 319 g/mol. The topological polar surface area (TPSA) is 46.4 Å². The van der Waals surface area contributed by atoms with E-state index in [-0.39, 0.29) is 17.0 Å². The predicted molar refractivity (Wildman–Crippen MR) is 86.2 cm³/mol. The van der Waals surface area contributed by atoms with Gasteiger partial charge in [0.25, 0.3) is 5.56 Å². The van der Waals surface area contributed by atoms with Crippen LogP contribution in [0, 0.1) is 6.92 Å². The summed E-state index contributed by atoms with van der Waals surface area (Å²) in [5.41, 5.74) is 0.403. The summed E-state index contributed by atoms with van der Waals surface area (Å²) in [5, 5.41) is 2.73. The molecule has 0 aliphatic heterocycles. The lowest BCUT2D eigenvalue weighted by Gasteiger charge is -2.14. The lowest BCUT2D eigenvalue weighted by molar-refractivity contribution is -0.137. The summed E-state index contributed by atoms with van der Waals surface area (Å²) in [6.45, 7) is 1.89. The molecule has 4 nitrogen and oxygen atoms in total. The lowest BCUT2D eigenvalue weighted by atomic mass is 10.0. The van der Waals surface area contributed by atoms with Gasteiger partial charge < -0.3 is 5.32 Å². The van der Waals surface area contributed by atoms with Crippen LogP contribution in [0.2, 0.25) is 0 Å². The fourth-order valence-corrected chi connectivity index (χ4v) is 2.54. The Morgan fingerprint density at radius 1 is 1.12 bits per heavy atom. The Labute approximate surface area is 135 Å². The van der Waals surface area contributed by atoms with Gasteiger partial charge in [0, 0.05) is 13.2 Å². The van der Waals surface area contributed by atoms with E-state index < -0.39 is 17.3 Å². The fraction of sp³-hybridized carbons (Fsp3) is 0.176. The zero-order valence-electron chi connectivity index (χ0n) is 13.0. The number of anilines is 1. The summed E-state index contributed by atoms with van der Waals surface area (Å²) in [6.07, 6.45) is -3.24. The number of fused-ring (bicyclic) bond motifs is 1. The van der Waals surface area contributed by atoms with E-state index in [0.29, 0.717) is 5.56 Å². The van der Waals surface area contributed by atoms with Crippen molar-refractivity contribution in [2.45, 2.75) is 13.1 Å². The van der Waals surface area contributed by atoms with Crippen molar-refractivity contribution < 1.29 is 13.2 Å². The number of rotatable bonds is 2. The number of nitrogens with one attached hydrogen (secondary N) is 1. The molecule has 2 heterocycles. The van der Waals surface area contributed by atoms with Crippen LogP contribution in [0.15, 0.2) is 47.4 Å². The van der Waals surface area contributed by atoms with Gasteiger partial charge in [-0.1, -0.05) is 29.8 Å². The van der Waals surface area contributed by atoms with Gasteiger partial charge in [-0.25, -0.2) is 0 Å². The average molecular weight is 333 g/mol. The maximum atomic E-state index is 13.1. The molecule has 124 valence electrons. The van der Waals surface area contributed by atoms with E-state index in [2.05, 4.69) is 10.3 Å². The molecule has 0 fully saturated rings. The second-order valence-electron chi connectivity index (χ2n) is 5.40. The summed E-state index contributed by atoms with van der Waals surface area (Å²) in [5.74, 6) is 0.180. The van der Waals surface area contributed by atoms with Gasteiger partial charge >= 0.3 is 6.18 Å². The minimum Gasteiger partial charge on any atom is -0.358 e. The van der Waals surface area contributed by atoms with Crippen molar-refractivity contribution in [1.29, 1.82) is 0 Å². The monoisotopic (exact) mass is 333 g/mol. The Morgan fingerprint density at radius 2 is 1.79 bits per heavy atom. The molecule has 3 rings (SSSR count). The van der Waals surface area contributed by atoms with Crippen LogP contribution in [0.4, 0.5) is 19.1 Å². The molecule has 0 saturated carbocycles. The van der Waals surface area contributed by atoms with Crippen LogP contribution in [0.1, 0.15) is 11.1 Å². The molecule has 2 aromatic heterocycles. The van der Waals surface area contributed by atoms with Gasteiger partial charge in [-0.3, -0.25) is 9.20 Å². The van der Waals surface area contributed by atoms with Crippen molar-refractivity contribution in [1.82, 2.24) is 9.38 Å². The third-order valence-corrected chi connectivity index (χ3v) is 3.75. The summed E-state index contributed by atoms with van der Waals surface area (Å²) >= 11 is 0. The van der Waals surface area contributed by atoms with Gasteiger partial charge in [-0.15, -0.1) is 0 Å². The summed E-state index contributed by atoms with van der Waals surface area (Å²) in [6, 6.07) is 8.92. The highest BCUT2D eigenvalue weighted by Crippen LogP contribution is 2.32. The standard InChI is InChI=1S/C17H14F3N3O/c1-10-3-5-11(6-4-10)14-13-9-12(17(18,19)20)7-8-23(13)16(21-2)22-15(14)24/h3-9H,1-2H3,(H,21,22,24). The number of benzene rings is 1. The Balaban J connectivity index is 2.40. The molecule has 3 aromatic rings. The molecule has 1 aromatic carbocycles. The van der Waals surface area contributed by atoms with E-state index in [9.17, 15) is 18.0 Å². The zero-order valence-corrected chi connectivity index (χ0v) is 13.0. The number of pyridine rings is 1. The molecule has 1 N–H and O–H groups in total. The maximum Gasteiger partial charge on any atom is 0.416 e. The van der Waals surface area contributed by atoms with Crippen molar-refractivity contribution in [2.24, 2.45) is 0 Å². The molecule has 0 radical (unpaired) electrons. The number of nitrogens with zero attached hydrogens (tertiary/aromatic N) is 2. The van der Waals surface area contributed by atoms with E-state index in [1.807, 2.05) is 6.92 Å². The van der Waals surface area contributed by atoms with Crippen molar-refractivity contribution in [3.05, 3.63) is 64.1 Å². The van der Waals surface area contributed by atoms with E-state index in [1.54, 1.807) is 31.3 Å². The van der Waals surface area contributed by atoms with Crippen LogP contribution in [0.3, 0.4) is 0 Å². The molecule has 0 saturated heterocycles. The van der Waals surface area contributed by atoms with Crippen molar-refractivity contribution in [3.8, 4) is 11.1 Å². The first-order chi connectivity index (χ1) is 11.3. The molecule has 0 unspecified atom stereocenters.